The molecule has 1 aromatic carbocycles. The van der Waals surface area contributed by atoms with Crippen molar-refractivity contribution in [3.63, 3.8) is 0 Å². The molecular formula is C24H37NNa2O4. The third-order valence-corrected chi connectivity index (χ3v) is 5.32. The fourth-order valence-corrected chi connectivity index (χ4v) is 3.55. The van der Waals surface area contributed by atoms with Crippen molar-refractivity contribution in [2.24, 2.45) is 0 Å². The summed E-state index contributed by atoms with van der Waals surface area (Å²) in [5, 5.41) is 25.1. The number of carboxylic acids is 2. The minimum absolute atomic E-state index is 0. The second-order valence-electron chi connectivity index (χ2n) is 7.86. The van der Waals surface area contributed by atoms with Gasteiger partial charge in [-0.15, -0.1) is 0 Å². The molecule has 0 bridgehead atoms. The summed E-state index contributed by atoms with van der Waals surface area (Å²) in [5.41, 5.74) is -0.119. The van der Waals surface area contributed by atoms with Gasteiger partial charge >= 0.3 is 59.1 Å². The third kappa shape index (κ3) is 16.3. The van der Waals surface area contributed by atoms with Gasteiger partial charge in [-0.2, -0.15) is 0 Å². The molecule has 7 heteroatoms. The number of carboxylic acid groups (broad SMARTS) is 2. The Kier molecular flexibility index (Phi) is 23.3. The molecule has 1 N–H and O–H groups in total. The fourth-order valence-electron chi connectivity index (χ4n) is 3.55. The summed E-state index contributed by atoms with van der Waals surface area (Å²) in [6.45, 7) is 2.99. The van der Waals surface area contributed by atoms with Crippen LogP contribution in [0.1, 0.15) is 118 Å². The molecule has 5 nitrogen and oxygen atoms in total. The van der Waals surface area contributed by atoms with Gasteiger partial charge in [-0.05, 0) is 18.6 Å². The number of rotatable bonds is 18. The van der Waals surface area contributed by atoms with Gasteiger partial charge in [0.05, 0.1) is 11.9 Å². The molecule has 0 heterocycles. The topological polar surface area (TPSA) is 92.3 Å². The Labute approximate surface area is 232 Å². The molecule has 0 atom stereocenters. The molecule has 0 amide bonds. The predicted octanol–water partition coefficient (Wildman–Crippen LogP) is -1.69. The van der Waals surface area contributed by atoms with Gasteiger partial charge in [0.15, 0.2) is 0 Å². The molecule has 0 aromatic heterocycles. The molecule has 0 aliphatic heterocycles. The van der Waals surface area contributed by atoms with E-state index < -0.39 is 11.9 Å². The summed E-state index contributed by atoms with van der Waals surface area (Å²) in [6.07, 6.45) is 18.3. The van der Waals surface area contributed by atoms with Crippen molar-refractivity contribution in [3.05, 3.63) is 29.3 Å². The van der Waals surface area contributed by atoms with Crippen LogP contribution < -0.4 is 74.6 Å². The SMILES string of the molecule is CCCCCCCCCCCCCCCCNc1ccc(C(=O)[O-])c(C(=O)[O-])c1.[Na+].[Na+]. The van der Waals surface area contributed by atoms with Crippen molar-refractivity contribution >= 4 is 17.6 Å². The van der Waals surface area contributed by atoms with E-state index in [9.17, 15) is 19.8 Å². The molecule has 0 unspecified atom stereocenters. The van der Waals surface area contributed by atoms with Gasteiger partial charge in [-0.3, -0.25) is 0 Å². The Bertz CT molecular complexity index is 611. The van der Waals surface area contributed by atoms with Gasteiger partial charge in [0.2, 0.25) is 0 Å². The van der Waals surface area contributed by atoms with E-state index in [0.29, 0.717) is 5.69 Å². The van der Waals surface area contributed by atoms with Crippen LogP contribution in [-0.4, -0.2) is 18.5 Å². The first-order valence-corrected chi connectivity index (χ1v) is 11.4. The van der Waals surface area contributed by atoms with Crippen LogP contribution in [0.5, 0.6) is 0 Å². The summed E-state index contributed by atoms with van der Waals surface area (Å²) in [6, 6.07) is 4.10. The first kappa shape index (κ1) is 33.1. The summed E-state index contributed by atoms with van der Waals surface area (Å²) in [5.74, 6) is -3.02. The van der Waals surface area contributed by atoms with Crippen molar-refractivity contribution in [3.8, 4) is 0 Å². The number of carbonyl (C=O) groups is 2. The molecule has 0 radical (unpaired) electrons. The van der Waals surface area contributed by atoms with Crippen LogP contribution in [0.15, 0.2) is 18.2 Å². The van der Waals surface area contributed by atoms with Crippen LogP contribution >= 0.6 is 0 Å². The second-order valence-corrected chi connectivity index (χ2v) is 7.86. The molecule has 0 saturated carbocycles. The van der Waals surface area contributed by atoms with Crippen molar-refractivity contribution in [2.75, 3.05) is 11.9 Å². The number of hydrogen-bond acceptors (Lipinski definition) is 5. The van der Waals surface area contributed by atoms with E-state index >= 15 is 0 Å². The van der Waals surface area contributed by atoms with Crippen LogP contribution in [0.4, 0.5) is 5.69 Å². The van der Waals surface area contributed by atoms with Crippen LogP contribution in [0.3, 0.4) is 0 Å². The number of nitrogens with one attached hydrogen (secondary N) is 1. The van der Waals surface area contributed by atoms with E-state index in [1.165, 1.54) is 89.2 Å². The van der Waals surface area contributed by atoms with Crippen molar-refractivity contribution in [2.45, 2.75) is 96.8 Å². The van der Waals surface area contributed by atoms with Crippen molar-refractivity contribution < 1.29 is 78.9 Å². The Morgan fingerprint density at radius 3 is 1.52 bits per heavy atom. The third-order valence-electron chi connectivity index (χ3n) is 5.32. The Morgan fingerprint density at radius 2 is 1.10 bits per heavy atom. The standard InChI is InChI=1S/C24H39NO4.2Na/c1-2-3-4-5-6-7-8-9-10-11-12-13-14-15-18-25-20-16-17-21(23(26)27)22(19-20)24(28)29;;/h16-17,19,25H,2-15,18H2,1H3,(H,26,27)(H,28,29);;/q;2*+1/p-2. The van der Waals surface area contributed by atoms with E-state index in [-0.39, 0.29) is 70.2 Å². The molecule has 164 valence electrons. The summed E-state index contributed by atoms with van der Waals surface area (Å²) in [4.78, 5) is 22.0. The van der Waals surface area contributed by atoms with Crippen LogP contribution in [0, 0.1) is 0 Å². The number of carbonyl (C=O) groups excluding carboxylic acids is 2. The predicted molar refractivity (Wildman–Crippen MR) is 114 cm³/mol. The van der Waals surface area contributed by atoms with Crippen molar-refractivity contribution in [1.29, 1.82) is 0 Å². The molecule has 31 heavy (non-hydrogen) atoms. The first-order chi connectivity index (χ1) is 14.1. The van der Waals surface area contributed by atoms with E-state index in [1.54, 1.807) is 6.07 Å². The molecule has 0 aliphatic carbocycles. The van der Waals surface area contributed by atoms with Gasteiger partial charge in [0.25, 0.3) is 0 Å². The van der Waals surface area contributed by atoms with Crippen LogP contribution in [-0.2, 0) is 0 Å². The van der Waals surface area contributed by atoms with Crippen LogP contribution in [0.2, 0.25) is 0 Å². The summed E-state index contributed by atoms with van der Waals surface area (Å²) >= 11 is 0. The maximum absolute atomic E-state index is 11.1. The summed E-state index contributed by atoms with van der Waals surface area (Å²) in [7, 11) is 0. The monoisotopic (exact) mass is 449 g/mol. The first-order valence-electron chi connectivity index (χ1n) is 11.4. The fraction of sp³-hybridized carbons (Fsp3) is 0.667. The van der Waals surface area contributed by atoms with E-state index in [0.717, 1.165) is 19.4 Å². The molecule has 1 rings (SSSR count). The molecule has 0 spiro atoms. The largest absolute Gasteiger partial charge is 1.00 e. The molecule has 0 aliphatic rings. The quantitative estimate of drug-likeness (QED) is 0.213. The average Bonchev–Trinajstić information content (AvgIpc) is 2.70. The number of aromatic carboxylic acids is 2. The van der Waals surface area contributed by atoms with Gasteiger partial charge in [0.1, 0.15) is 0 Å². The zero-order valence-electron chi connectivity index (χ0n) is 20.0. The number of anilines is 1. The van der Waals surface area contributed by atoms with Crippen molar-refractivity contribution in [1.82, 2.24) is 0 Å². The average molecular weight is 450 g/mol. The minimum Gasteiger partial charge on any atom is -0.545 e. The number of benzene rings is 1. The molecule has 1 aromatic rings. The maximum Gasteiger partial charge on any atom is 1.00 e. The Hall–Kier alpha value is -0.0400. The van der Waals surface area contributed by atoms with Gasteiger partial charge < -0.3 is 25.1 Å². The van der Waals surface area contributed by atoms with E-state index in [1.807, 2.05) is 0 Å². The number of hydrogen-bond donors (Lipinski definition) is 1. The van der Waals surface area contributed by atoms with E-state index in [2.05, 4.69) is 12.2 Å². The zero-order chi connectivity index (χ0) is 21.3. The smallest absolute Gasteiger partial charge is 0.545 e. The summed E-state index contributed by atoms with van der Waals surface area (Å²) < 4.78 is 0. The molecule has 0 fully saturated rings. The Balaban J connectivity index is 0. The molecule has 0 saturated heterocycles. The van der Waals surface area contributed by atoms with Gasteiger partial charge in [0, 0.05) is 23.4 Å². The Morgan fingerprint density at radius 1 is 0.677 bits per heavy atom. The van der Waals surface area contributed by atoms with Gasteiger partial charge in [-0.25, -0.2) is 0 Å². The van der Waals surface area contributed by atoms with E-state index in [4.69, 9.17) is 0 Å². The number of unbranched alkanes of at least 4 members (excludes halogenated alkanes) is 13. The van der Waals surface area contributed by atoms with Crippen LogP contribution in [0.25, 0.3) is 0 Å². The van der Waals surface area contributed by atoms with Gasteiger partial charge in [-0.1, -0.05) is 96.5 Å². The maximum atomic E-state index is 11.1. The second kappa shape index (κ2) is 21.8. The minimum atomic E-state index is -1.51. The zero-order valence-corrected chi connectivity index (χ0v) is 24.0. The normalized spacial score (nSPS) is 10.1. The molecular weight excluding hydrogens is 412 g/mol.